The monoisotopic (exact) mass is 294 g/mol. The number of aliphatic carboxylic acids is 1. The first-order chi connectivity index (χ1) is 9.89. The molecule has 7 heteroatoms. The van der Waals surface area contributed by atoms with Crippen molar-refractivity contribution in [2.45, 2.75) is 39.4 Å². The van der Waals surface area contributed by atoms with Crippen molar-refractivity contribution in [2.75, 3.05) is 19.6 Å². The van der Waals surface area contributed by atoms with Crippen LogP contribution >= 0.6 is 0 Å². The van der Waals surface area contributed by atoms with Crippen molar-refractivity contribution < 1.29 is 14.6 Å². The van der Waals surface area contributed by atoms with E-state index in [0.29, 0.717) is 24.7 Å². The number of rotatable bonds is 6. The maximum Gasteiger partial charge on any atom is 0.310 e. The van der Waals surface area contributed by atoms with E-state index < -0.39 is 11.4 Å². The van der Waals surface area contributed by atoms with Crippen LogP contribution in [0.25, 0.3) is 0 Å². The molecule has 0 aromatic carbocycles. The topological polar surface area (TPSA) is 91.3 Å². The predicted octanol–water partition coefficient (Wildman–Crippen LogP) is 0.896. The molecule has 1 aromatic heterocycles. The zero-order chi connectivity index (χ0) is 15.1. The fourth-order valence-electron chi connectivity index (χ4n) is 3.42. The van der Waals surface area contributed by atoms with Crippen LogP contribution in [-0.2, 0) is 16.1 Å². The number of hydrogen-bond acceptors (Lipinski definition) is 5. The van der Waals surface area contributed by atoms with Gasteiger partial charge < -0.3 is 14.7 Å². The van der Waals surface area contributed by atoms with Crippen LogP contribution in [0, 0.1) is 10.8 Å². The molecule has 2 heterocycles. The van der Waals surface area contributed by atoms with Gasteiger partial charge in [0.1, 0.15) is 5.69 Å². The summed E-state index contributed by atoms with van der Waals surface area (Å²) in [5.41, 5.74) is 0.520. The average molecular weight is 294 g/mol. The molecule has 0 amide bonds. The van der Waals surface area contributed by atoms with Gasteiger partial charge in [0.15, 0.2) is 0 Å². The second kappa shape index (κ2) is 5.06. The van der Waals surface area contributed by atoms with E-state index >= 15 is 0 Å². The van der Waals surface area contributed by atoms with Gasteiger partial charge in [-0.1, -0.05) is 0 Å². The van der Waals surface area contributed by atoms with E-state index in [0.717, 1.165) is 31.6 Å². The molecule has 1 saturated heterocycles. The third-order valence-corrected chi connectivity index (χ3v) is 4.57. The second-order valence-electron chi connectivity index (χ2n) is 7.14. The third-order valence-electron chi connectivity index (χ3n) is 4.57. The lowest BCUT2D eigenvalue weighted by atomic mass is 9.61. The van der Waals surface area contributed by atoms with Gasteiger partial charge in [-0.3, -0.25) is 4.79 Å². The van der Waals surface area contributed by atoms with E-state index in [1.54, 1.807) is 20.0 Å². The summed E-state index contributed by atoms with van der Waals surface area (Å²) in [4.78, 5) is 13.4. The molecule has 1 aliphatic heterocycles. The fraction of sp³-hybridized carbons (Fsp3) is 0.786. The minimum Gasteiger partial charge on any atom is -0.481 e. The molecule has 1 saturated carbocycles. The third kappa shape index (κ3) is 2.94. The number of carboxylic acids is 1. The molecule has 1 spiro atoms. The standard InChI is InChI=1S/C14H22N4O3/c1-13(2,12(19)20)7-18-8-14(9-18)3-11(4-14)21-6-10-5-15-17-16-10/h5,11H,3-4,6-9H2,1-2H3,(H,19,20)(H,15,16,17). The fourth-order valence-corrected chi connectivity index (χ4v) is 3.42. The molecule has 0 bridgehead atoms. The first-order valence-electron chi connectivity index (χ1n) is 7.31. The number of carbonyl (C=O) groups is 1. The molecule has 0 atom stereocenters. The van der Waals surface area contributed by atoms with Crippen molar-refractivity contribution in [3.05, 3.63) is 11.9 Å². The van der Waals surface area contributed by atoms with Crippen molar-refractivity contribution >= 4 is 5.97 Å². The summed E-state index contributed by atoms with van der Waals surface area (Å²) in [5.74, 6) is -0.731. The van der Waals surface area contributed by atoms with Crippen LogP contribution < -0.4 is 0 Å². The minimum absolute atomic E-state index is 0.302. The second-order valence-corrected chi connectivity index (χ2v) is 7.14. The molecule has 3 rings (SSSR count). The Bertz CT molecular complexity index is 500. The van der Waals surface area contributed by atoms with Gasteiger partial charge in [0, 0.05) is 25.0 Å². The van der Waals surface area contributed by atoms with Crippen LogP contribution in [0.1, 0.15) is 32.4 Å². The molecule has 21 heavy (non-hydrogen) atoms. The molecule has 7 nitrogen and oxygen atoms in total. The first kappa shape index (κ1) is 14.5. The Morgan fingerprint density at radius 2 is 2.29 bits per heavy atom. The van der Waals surface area contributed by atoms with Gasteiger partial charge in [-0.2, -0.15) is 15.4 Å². The highest BCUT2D eigenvalue weighted by Gasteiger charge is 2.53. The van der Waals surface area contributed by atoms with E-state index in [1.165, 1.54) is 0 Å². The van der Waals surface area contributed by atoms with Crippen molar-refractivity contribution in [3.63, 3.8) is 0 Å². The summed E-state index contributed by atoms with van der Waals surface area (Å²) in [6, 6.07) is 0. The van der Waals surface area contributed by atoms with Crippen molar-refractivity contribution in [3.8, 4) is 0 Å². The smallest absolute Gasteiger partial charge is 0.310 e. The Balaban J connectivity index is 1.37. The number of ether oxygens (including phenoxy) is 1. The summed E-state index contributed by atoms with van der Waals surface area (Å²) in [6.45, 7) is 6.68. The molecule has 116 valence electrons. The van der Waals surface area contributed by atoms with Crippen LogP contribution in [0.5, 0.6) is 0 Å². The molecule has 1 aliphatic carbocycles. The maximum atomic E-state index is 11.1. The molecular weight excluding hydrogens is 272 g/mol. The largest absolute Gasteiger partial charge is 0.481 e. The molecule has 2 N–H and O–H groups in total. The van der Waals surface area contributed by atoms with Gasteiger partial charge in [0.2, 0.25) is 0 Å². The van der Waals surface area contributed by atoms with Crippen molar-refractivity contribution in [1.29, 1.82) is 0 Å². The molecule has 2 fully saturated rings. The van der Waals surface area contributed by atoms with Gasteiger partial charge in [0.25, 0.3) is 0 Å². The lowest BCUT2D eigenvalue weighted by Gasteiger charge is -2.59. The quantitative estimate of drug-likeness (QED) is 0.810. The SMILES string of the molecule is CC(C)(CN1CC2(CC(OCc3cn[nH]n3)C2)C1)C(=O)O. The van der Waals surface area contributed by atoms with Gasteiger partial charge in [-0.25, -0.2) is 0 Å². The van der Waals surface area contributed by atoms with Gasteiger partial charge in [-0.05, 0) is 26.7 Å². The lowest BCUT2D eigenvalue weighted by Crippen LogP contribution is -2.65. The summed E-state index contributed by atoms with van der Waals surface area (Å²) >= 11 is 0. The van der Waals surface area contributed by atoms with Crippen LogP contribution in [0.2, 0.25) is 0 Å². The Kier molecular flexibility index (Phi) is 3.49. The van der Waals surface area contributed by atoms with Crippen LogP contribution in [0.15, 0.2) is 6.20 Å². The van der Waals surface area contributed by atoms with E-state index in [-0.39, 0.29) is 0 Å². The van der Waals surface area contributed by atoms with E-state index in [9.17, 15) is 4.79 Å². The highest BCUT2D eigenvalue weighted by molar-refractivity contribution is 5.73. The maximum absolute atomic E-state index is 11.1. The summed E-state index contributed by atoms with van der Waals surface area (Å²) in [7, 11) is 0. The van der Waals surface area contributed by atoms with E-state index in [4.69, 9.17) is 9.84 Å². The van der Waals surface area contributed by atoms with Crippen LogP contribution in [0.4, 0.5) is 0 Å². The summed E-state index contributed by atoms with van der Waals surface area (Å²) < 4.78 is 5.79. The normalized spacial score (nSPS) is 22.0. The Morgan fingerprint density at radius 3 is 2.86 bits per heavy atom. The number of H-pyrrole nitrogens is 1. The van der Waals surface area contributed by atoms with Crippen LogP contribution in [-0.4, -0.2) is 57.1 Å². The highest BCUT2D eigenvalue weighted by Crippen LogP contribution is 2.50. The number of carboxylic acid groups (broad SMARTS) is 1. The minimum atomic E-state index is -0.731. The zero-order valence-electron chi connectivity index (χ0n) is 12.5. The van der Waals surface area contributed by atoms with E-state index in [1.807, 2.05) is 0 Å². The summed E-state index contributed by atoms with van der Waals surface area (Å²) in [5, 5.41) is 19.4. The number of hydrogen-bond donors (Lipinski definition) is 2. The van der Waals surface area contributed by atoms with Gasteiger partial charge in [-0.15, -0.1) is 0 Å². The number of aromatic nitrogens is 3. The molecule has 1 aromatic rings. The Labute approximate surface area is 123 Å². The lowest BCUT2D eigenvalue weighted by molar-refractivity contribution is -0.169. The average Bonchev–Trinajstić information content (AvgIpc) is 2.81. The Morgan fingerprint density at radius 1 is 1.57 bits per heavy atom. The molecule has 2 aliphatic rings. The van der Waals surface area contributed by atoms with Crippen LogP contribution in [0.3, 0.4) is 0 Å². The first-order valence-corrected chi connectivity index (χ1v) is 7.31. The predicted molar refractivity (Wildman–Crippen MR) is 74.5 cm³/mol. The van der Waals surface area contributed by atoms with E-state index in [2.05, 4.69) is 20.3 Å². The van der Waals surface area contributed by atoms with Crippen molar-refractivity contribution in [1.82, 2.24) is 20.3 Å². The van der Waals surface area contributed by atoms with Gasteiger partial charge >= 0.3 is 5.97 Å². The van der Waals surface area contributed by atoms with Crippen molar-refractivity contribution in [2.24, 2.45) is 10.8 Å². The molecule has 0 unspecified atom stereocenters. The number of nitrogens with zero attached hydrogens (tertiary/aromatic N) is 3. The number of likely N-dealkylation sites (tertiary alicyclic amines) is 1. The summed E-state index contributed by atoms with van der Waals surface area (Å²) in [6.07, 6.45) is 4.10. The zero-order valence-corrected chi connectivity index (χ0v) is 12.5. The number of aromatic amines is 1. The molecular formula is C14H22N4O3. The Hall–Kier alpha value is -1.47. The molecule has 0 radical (unpaired) electrons. The number of nitrogens with one attached hydrogen (secondary N) is 1. The van der Waals surface area contributed by atoms with Gasteiger partial charge in [0.05, 0.1) is 24.3 Å². The highest BCUT2D eigenvalue weighted by atomic mass is 16.5.